The van der Waals surface area contributed by atoms with Crippen LogP contribution in [-0.2, 0) is 0 Å². The van der Waals surface area contributed by atoms with Gasteiger partial charge in [0.25, 0.3) is 0 Å². The highest BCUT2D eigenvalue weighted by atomic mass is 32.2. The van der Waals surface area contributed by atoms with E-state index in [1.54, 1.807) is 11.8 Å². The molecule has 2 atom stereocenters. The Kier molecular flexibility index (Phi) is 3.91. The fraction of sp³-hybridized carbons (Fsp3) is 0.294. The van der Waals surface area contributed by atoms with Crippen LogP contribution in [-0.4, -0.2) is 11.9 Å². The second-order valence-corrected chi connectivity index (χ2v) is 6.48. The van der Waals surface area contributed by atoms with Crippen molar-refractivity contribution in [1.82, 2.24) is 0 Å². The van der Waals surface area contributed by atoms with Crippen LogP contribution in [0.25, 0.3) is 0 Å². The molecule has 0 aromatic heterocycles. The number of hydrogen-bond donors (Lipinski definition) is 1. The van der Waals surface area contributed by atoms with Gasteiger partial charge in [-0.1, -0.05) is 18.2 Å². The Morgan fingerprint density at radius 3 is 2.81 bits per heavy atom. The lowest BCUT2D eigenvalue weighted by atomic mass is 9.96. The van der Waals surface area contributed by atoms with Gasteiger partial charge in [0.05, 0.1) is 6.04 Å². The minimum atomic E-state index is -0.466. The van der Waals surface area contributed by atoms with E-state index in [-0.39, 0.29) is 11.9 Å². The summed E-state index contributed by atoms with van der Waals surface area (Å²) in [6.07, 6.45) is -0.221. The summed E-state index contributed by atoms with van der Waals surface area (Å²) in [7, 11) is 0. The zero-order valence-electron chi connectivity index (χ0n) is 12.1. The average Bonchev–Trinajstić information content (AvgIpc) is 2.45. The molecule has 2 aromatic carbocycles. The summed E-state index contributed by atoms with van der Waals surface area (Å²) in [4.78, 5) is 1.11. The first-order chi connectivity index (χ1) is 10.1. The van der Waals surface area contributed by atoms with Gasteiger partial charge in [0.2, 0.25) is 0 Å². The molecule has 4 heteroatoms. The van der Waals surface area contributed by atoms with E-state index >= 15 is 0 Å². The van der Waals surface area contributed by atoms with Gasteiger partial charge in [-0.25, -0.2) is 4.39 Å². The molecule has 2 aromatic rings. The van der Waals surface area contributed by atoms with E-state index in [1.165, 1.54) is 6.07 Å². The topological polar surface area (TPSA) is 35.2 Å². The number of para-hydroxylation sites is 1. The molecule has 2 nitrogen and oxygen atoms in total. The van der Waals surface area contributed by atoms with E-state index in [9.17, 15) is 4.39 Å². The van der Waals surface area contributed by atoms with Gasteiger partial charge in [0.15, 0.2) is 0 Å². The number of benzene rings is 2. The molecule has 0 aliphatic carbocycles. The number of thioether (sulfide) groups is 1. The van der Waals surface area contributed by atoms with Crippen molar-refractivity contribution in [1.29, 1.82) is 0 Å². The maximum Gasteiger partial charge on any atom is 0.133 e. The molecule has 0 amide bonds. The molecule has 0 spiro atoms. The Hall–Kier alpha value is -1.52. The summed E-state index contributed by atoms with van der Waals surface area (Å²) in [5.41, 5.74) is 8.65. The fourth-order valence-electron chi connectivity index (χ4n) is 2.75. The van der Waals surface area contributed by atoms with E-state index in [0.29, 0.717) is 5.56 Å². The lowest BCUT2D eigenvalue weighted by Crippen LogP contribution is -2.36. The fourth-order valence-corrected chi connectivity index (χ4v) is 3.80. The van der Waals surface area contributed by atoms with Gasteiger partial charge >= 0.3 is 0 Å². The molecule has 1 aliphatic rings. The van der Waals surface area contributed by atoms with Crippen LogP contribution in [0.1, 0.15) is 22.7 Å². The maximum absolute atomic E-state index is 14.3. The molecule has 1 aliphatic heterocycles. The first kappa shape index (κ1) is 14.4. The molecule has 110 valence electrons. The summed E-state index contributed by atoms with van der Waals surface area (Å²) in [6.45, 7) is 3.78. The summed E-state index contributed by atoms with van der Waals surface area (Å²) < 4.78 is 20.2. The van der Waals surface area contributed by atoms with Crippen LogP contribution < -0.4 is 10.5 Å². The number of hydrogen-bond acceptors (Lipinski definition) is 3. The normalized spacial score (nSPS) is 18.8. The Morgan fingerprint density at radius 1 is 1.29 bits per heavy atom. The van der Waals surface area contributed by atoms with Crippen molar-refractivity contribution in [3.05, 3.63) is 58.9 Å². The van der Waals surface area contributed by atoms with Gasteiger partial charge in [-0.15, -0.1) is 11.8 Å². The second-order valence-electron chi connectivity index (χ2n) is 5.42. The second kappa shape index (κ2) is 5.70. The van der Waals surface area contributed by atoms with Crippen LogP contribution in [0, 0.1) is 19.7 Å². The molecule has 21 heavy (non-hydrogen) atoms. The Balaban J connectivity index is 1.89. The zero-order valence-corrected chi connectivity index (χ0v) is 12.9. The van der Waals surface area contributed by atoms with Gasteiger partial charge in [-0.2, -0.15) is 0 Å². The monoisotopic (exact) mass is 303 g/mol. The number of nitrogens with two attached hydrogens (primary N) is 1. The SMILES string of the molecule is Cc1cc(C)c(C(N)C2CSc3ccccc3O2)c(F)c1. The van der Waals surface area contributed by atoms with Crippen LogP contribution in [0.3, 0.4) is 0 Å². The van der Waals surface area contributed by atoms with Crippen LogP contribution in [0.15, 0.2) is 41.3 Å². The van der Waals surface area contributed by atoms with Crippen molar-refractivity contribution >= 4 is 11.8 Å². The van der Waals surface area contributed by atoms with E-state index in [1.807, 2.05) is 44.2 Å². The highest BCUT2D eigenvalue weighted by Gasteiger charge is 2.29. The lowest BCUT2D eigenvalue weighted by Gasteiger charge is -2.31. The van der Waals surface area contributed by atoms with Crippen molar-refractivity contribution < 1.29 is 9.13 Å². The van der Waals surface area contributed by atoms with Gasteiger partial charge < -0.3 is 10.5 Å². The van der Waals surface area contributed by atoms with Crippen LogP contribution in [0.2, 0.25) is 0 Å². The van der Waals surface area contributed by atoms with Crippen LogP contribution in [0.5, 0.6) is 5.75 Å². The Morgan fingerprint density at radius 2 is 2.05 bits per heavy atom. The molecular weight excluding hydrogens is 285 g/mol. The zero-order chi connectivity index (χ0) is 15.0. The largest absolute Gasteiger partial charge is 0.486 e. The summed E-state index contributed by atoms with van der Waals surface area (Å²) in [5, 5.41) is 0. The quantitative estimate of drug-likeness (QED) is 0.911. The molecule has 0 radical (unpaired) electrons. The van der Waals surface area contributed by atoms with Crippen molar-refractivity contribution in [2.75, 3.05) is 5.75 Å². The molecule has 2 unspecified atom stereocenters. The summed E-state index contributed by atoms with van der Waals surface area (Å²) in [6, 6.07) is 10.9. The molecule has 1 heterocycles. The van der Waals surface area contributed by atoms with E-state index in [0.717, 1.165) is 27.5 Å². The van der Waals surface area contributed by atoms with Crippen LogP contribution in [0.4, 0.5) is 4.39 Å². The molecule has 0 saturated carbocycles. The first-order valence-electron chi connectivity index (χ1n) is 6.97. The summed E-state index contributed by atoms with van der Waals surface area (Å²) >= 11 is 1.71. The van der Waals surface area contributed by atoms with Crippen molar-refractivity contribution in [3.63, 3.8) is 0 Å². The number of rotatable bonds is 2. The maximum atomic E-state index is 14.3. The van der Waals surface area contributed by atoms with Gasteiger partial charge in [-0.05, 0) is 43.2 Å². The first-order valence-corrected chi connectivity index (χ1v) is 7.95. The third-order valence-corrected chi connectivity index (χ3v) is 4.89. The van der Waals surface area contributed by atoms with E-state index in [4.69, 9.17) is 10.5 Å². The molecule has 3 rings (SSSR count). The Labute approximate surface area is 128 Å². The molecule has 0 bridgehead atoms. The standard InChI is InChI=1S/C17H18FNOS/c1-10-7-11(2)16(12(18)8-10)17(19)14-9-21-15-6-4-3-5-13(15)20-14/h3-8,14,17H,9,19H2,1-2H3. The van der Waals surface area contributed by atoms with Gasteiger partial charge in [0, 0.05) is 16.2 Å². The van der Waals surface area contributed by atoms with Crippen molar-refractivity contribution in [2.45, 2.75) is 30.9 Å². The highest BCUT2D eigenvalue weighted by Crippen LogP contribution is 2.38. The van der Waals surface area contributed by atoms with Crippen molar-refractivity contribution in [2.24, 2.45) is 5.73 Å². The molecular formula is C17H18FNOS. The van der Waals surface area contributed by atoms with Crippen LogP contribution >= 0.6 is 11.8 Å². The smallest absolute Gasteiger partial charge is 0.133 e. The predicted molar refractivity (Wildman–Crippen MR) is 84.4 cm³/mol. The summed E-state index contributed by atoms with van der Waals surface area (Å²) in [5.74, 6) is 1.32. The van der Waals surface area contributed by atoms with Crippen molar-refractivity contribution in [3.8, 4) is 5.75 Å². The third kappa shape index (κ3) is 2.78. The minimum absolute atomic E-state index is 0.221. The number of aryl methyl sites for hydroxylation is 2. The predicted octanol–water partition coefficient (Wildman–Crippen LogP) is 4.00. The Bertz CT molecular complexity index is 651. The molecule has 2 N–H and O–H groups in total. The molecule has 0 saturated heterocycles. The minimum Gasteiger partial charge on any atom is -0.486 e. The third-order valence-electron chi connectivity index (χ3n) is 3.75. The number of halogens is 1. The number of fused-ring (bicyclic) bond motifs is 1. The van der Waals surface area contributed by atoms with Gasteiger partial charge in [0.1, 0.15) is 17.7 Å². The van der Waals surface area contributed by atoms with Gasteiger partial charge in [-0.3, -0.25) is 0 Å². The van der Waals surface area contributed by atoms with E-state index < -0.39 is 6.04 Å². The lowest BCUT2D eigenvalue weighted by molar-refractivity contribution is 0.183. The highest BCUT2D eigenvalue weighted by molar-refractivity contribution is 7.99. The van der Waals surface area contributed by atoms with E-state index in [2.05, 4.69) is 0 Å². The molecule has 0 fully saturated rings. The average molecular weight is 303 g/mol. The number of ether oxygens (including phenoxy) is 1.